The average Bonchev–Trinajstić information content (AvgIpc) is 2.96. The number of hydrogen-bond acceptors (Lipinski definition) is 7. The fraction of sp³-hybridized carbons (Fsp3) is 0.389. The Kier molecular flexibility index (Phi) is 3.43. The van der Waals surface area contributed by atoms with Gasteiger partial charge in [-0.3, -0.25) is 14.4 Å². The van der Waals surface area contributed by atoms with Gasteiger partial charge in [-0.1, -0.05) is 0 Å². The van der Waals surface area contributed by atoms with Gasteiger partial charge in [-0.2, -0.15) is 0 Å². The lowest BCUT2D eigenvalue weighted by atomic mass is 9.77. The average molecular weight is 344 g/mol. The minimum Gasteiger partial charge on any atom is -0.493 e. The highest BCUT2D eigenvalue weighted by molar-refractivity contribution is 6.29. The van der Waals surface area contributed by atoms with Gasteiger partial charge in [0.1, 0.15) is 6.10 Å². The molecule has 3 aliphatic rings. The van der Waals surface area contributed by atoms with Crippen LogP contribution in [0, 0.1) is 0 Å². The minimum atomic E-state index is -0.837. The zero-order valence-electron chi connectivity index (χ0n) is 14.0. The second kappa shape index (κ2) is 5.42. The molecule has 1 fully saturated rings. The van der Waals surface area contributed by atoms with Gasteiger partial charge in [-0.15, -0.1) is 0 Å². The maximum Gasteiger partial charge on any atom is 0.309 e. The molecule has 7 nitrogen and oxygen atoms in total. The zero-order chi connectivity index (χ0) is 17.9. The normalized spacial score (nSPS) is 27.5. The van der Waals surface area contributed by atoms with Crippen LogP contribution in [0.1, 0.15) is 34.1 Å². The monoisotopic (exact) mass is 344 g/mol. The Bertz CT molecular complexity index is 851. The Labute approximate surface area is 143 Å². The van der Waals surface area contributed by atoms with E-state index in [1.54, 1.807) is 13.0 Å². The molecule has 0 unspecified atom stereocenters. The molecule has 2 heterocycles. The summed E-state index contributed by atoms with van der Waals surface area (Å²) in [5, 5.41) is 0. The summed E-state index contributed by atoms with van der Waals surface area (Å²) in [6, 6.07) is 3.11. The number of carbonyl (C=O) groups excluding carboxylic acids is 3. The standard InChI is InChI=1S/C18H16O7/c1-7-12-14(18-10(24-7)6-11(19)25-18)15(20)8-4-5-9(22-2)17(23-3)13(8)16(12)21/h4-5,7,10,18H,6H2,1-3H3/t7-,10+,18-/m0/s1. The molecular formula is C18H16O7. The molecule has 3 atom stereocenters. The second-order valence-electron chi connectivity index (χ2n) is 6.14. The van der Waals surface area contributed by atoms with Gasteiger partial charge < -0.3 is 18.9 Å². The van der Waals surface area contributed by atoms with Crippen molar-refractivity contribution in [1.29, 1.82) is 0 Å². The minimum absolute atomic E-state index is 0.0754. The summed E-state index contributed by atoms with van der Waals surface area (Å²) in [5.41, 5.74) is 0.820. The van der Waals surface area contributed by atoms with E-state index >= 15 is 0 Å². The third kappa shape index (κ3) is 2.05. The number of Topliss-reactive ketones (excluding diaryl/α,β-unsaturated/α-hetero) is 2. The van der Waals surface area contributed by atoms with Crippen molar-refractivity contribution in [3.8, 4) is 11.5 Å². The molecule has 0 amide bonds. The van der Waals surface area contributed by atoms with Crippen LogP contribution in [-0.2, 0) is 14.3 Å². The summed E-state index contributed by atoms with van der Waals surface area (Å²) >= 11 is 0. The van der Waals surface area contributed by atoms with Crippen LogP contribution in [0.25, 0.3) is 0 Å². The summed E-state index contributed by atoms with van der Waals surface area (Å²) < 4.78 is 21.6. The lowest BCUT2D eigenvalue weighted by Crippen LogP contribution is -2.44. The number of fused-ring (bicyclic) bond motifs is 3. The number of hydrogen-bond donors (Lipinski definition) is 0. The van der Waals surface area contributed by atoms with Gasteiger partial charge in [-0.25, -0.2) is 0 Å². The summed E-state index contributed by atoms with van der Waals surface area (Å²) in [6.45, 7) is 1.69. The molecule has 0 N–H and O–H groups in total. The number of carbonyl (C=O) groups is 3. The predicted octanol–water partition coefficient (Wildman–Crippen LogP) is 1.48. The highest BCUT2D eigenvalue weighted by atomic mass is 16.6. The molecule has 1 aromatic rings. The second-order valence-corrected chi connectivity index (χ2v) is 6.14. The fourth-order valence-electron chi connectivity index (χ4n) is 3.78. The number of rotatable bonds is 2. The van der Waals surface area contributed by atoms with E-state index in [9.17, 15) is 14.4 Å². The third-order valence-electron chi connectivity index (χ3n) is 4.83. The lowest BCUT2D eigenvalue weighted by Gasteiger charge is -2.35. The van der Waals surface area contributed by atoms with Crippen LogP contribution in [0.15, 0.2) is 23.3 Å². The number of benzene rings is 1. The predicted molar refractivity (Wildman–Crippen MR) is 84.1 cm³/mol. The molecule has 130 valence electrons. The molecule has 4 rings (SSSR count). The molecule has 0 bridgehead atoms. The van der Waals surface area contributed by atoms with Crippen molar-refractivity contribution >= 4 is 17.5 Å². The van der Waals surface area contributed by atoms with Gasteiger partial charge in [0, 0.05) is 11.1 Å². The Balaban J connectivity index is 1.94. The number of ketones is 2. The first-order valence-electron chi connectivity index (χ1n) is 7.91. The van der Waals surface area contributed by atoms with Crippen LogP contribution in [0.5, 0.6) is 11.5 Å². The SMILES string of the molecule is COc1ccc2c(c1OC)C(=O)C1=C(C2=O)[C@H]2OC(=O)C[C@H]2O[C@H]1C. The van der Waals surface area contributed by atoms with Gasteiger partial charge in [0.05, 0.1) is 37.9 Å². The van der Waals surface area contributed by atoms with Crippen molar-refractivity contribution in [1.82, 2.24) is 0 Å². The molecule has 0 radical (unpaired) electrons. The Morgan fingerprint density at radius 3 is 2.48 bits per heavy atom. The smallest absolute Gasteiger partial charge is 0.309 e. The largest absolute Gasteiger partial charge is 0.493 e. The summed E-state index contributed by atoms with van der Waals surface area (Å²) in [6.07, 6.45) is -1.92. The van der Waals surface area contributed by atoms with Crippen molar-refractivity contribution in [2.24, 2.45) is 0 Å². The fourth-order valence-corrected chi connectivity index (χ4v) is 3.78. The van der Waals surface area contributed by atoms with Crippen LogP contribution < -0.4 is 9.47 Å². The van der Waals surface area contributed by atoms with Gasteiger partial charge in [0.25, 0.3) is 0 Å². The molecule has 1 aliphatic carbocycles. The molecule has 1 saturated heterocycles. The molecule has 2 aliphatic heterocycles. The Morgan fingerprint density at radius 1 is 1.04 bits per heavy atom. The Hall–Kier alpha value is -2.67. The highest BCUT2D eigenvalue weighted by Gasteiger charge is 2.51. The first-order chi connectivity index (χ1) is 12.0. The highest BCUT2D eigenvalue weighted by Crippen LogP contribution is 2.44. The van der Waals surface area contributed by atoms with Crippen LogP contribution in [0.4, 0.5) is 0 Å². The molecule has 0 aromatic heterocycles. The molecule has 1 aromatic carbocycles. The van der Waals surface area contributed by atoms with Crippen molar-refractivity contribution < 1.29 is 33.3 Å². The Morgan fingerprint density at radius 2 is 1.80 bits per heavy atom. The van der Waals surface area contributed by atoms with E-state index in [-0.39, 0.29) is 46.0 Å². The van der Waals surface area contributed by atoms with E-state index in [0.29, 0.717) is 5.75 Å². The molecule has 25 heavy (non-hydrogen) atoms. The molecule has 0 spiro atoms. The quantitative estimate of drug-likeness (QED) is 0.751. The zero-order valence-corrected chi connectivity index (χ0v) is 14.0. The number of esters is 1. The van der Waals surface area contributed by atoms with Crippen LogP contribution in [-0.4, -0.2) is 50.1 Å². The van der Waals surface area contributed by atoms with Gasteiger partial charge in [-0.05, 0) is 19.1 Å². The van der Waals surface area contributed by atoms with E-state index in [1.807, 2.05) is 0 Å². The lowest BCUT2D eigenvalue weighted by molar-refractivity contribution is -0.140. The van der Waals surface area contributed by atoms with E-state index in [2.05, 4.69) is 0 Å². The van der Waals surface area contributed by atoms with E-state index in [4.69, 9.17) is 18.9 Å². The topological polar surface area (TPSA) is 88.1 Å². The third-order valence-corrected chi connectivity index (χ3v) is 4.83. The molecule has 0 saturated carbocycles. The van der Waals surface area contributed by atoms with E-state index < -0.39 is 24.3 Å². The van der Waals surface area contributed by atoms with Crippen molar-refractivity contribution in [2.75, 3.05) is 14.2 Å². The number of ether oxygens (including phenoxy) is 4. The van der Waals surface area contributed by atoms with Crippen molar-refractivity contribution in [3.05, 3.63) is 34.4 Å². The van der Waals surface area contributed by atoms with E-state index in [0.717, 1.165) is 0 Å². The van der Waals surface area contributed by atoms with Crippen molar-refractivity contribution in [2.45, 2.75) is 31.7 Å². The number of methoxy groups -OCH3 is 2. The van der Waals surface area contributed by atoms with Gasteiger partial charge in [0.15, 0.2) is 29.2 Å². The van der Waals surface area contributed by atoms with Crippen molar-refractivity contribution in [3.63, 3.8) is 0 Å². The van der Waals surface area contributed by atoms with Crippen LogP contribution >= 0.6 is 0 Å². The maximum absolute atomic E-state index is 13.2. The van der Waals surface area contributed by atoms with Gasteiger partial charge >= 0.3 is 5.97 Å². The summed E-state index contributed by atoms with van der Waals surface area (Å²) in [4.78, 5) is 37.9. The van der Waals surface area contributed by atoms with Crippen LogP contribution in [0.2, 0.25) is 0 Å². The molecule has 7 heteroatoms. The summed E-state index contributed by atoms with van der Waals surface area (Å²) in [7, 11) is 2.87. The first-order valence-corrected chi connectivity index (χ1v) is 7.91. The summed E-state index contributed by atoms with van der Waals surface area (Å²) in [5.74, 6) is -0.572. The van der Waals surface area contributed by atoms with Gasteiger partial charge in [0.2, 0.25) is 0 Å². The van der Waals surface area contributed by atoms with E-state index in [1.165, 1.54) is 20.3 Å². The van der Waals surface area contributed by atoms with Crippen LogP contribution in [0.3, 0.4) is 0 Å². The maximum atomic E-state index is 13.2. The molecular weight excluding hydrogens is 328 g/mol. The first kappa shape index (κ1) is 15.8.